The highest BCUT2D eigenvalue weighted by Crippen LogP contribution is 2.37. The fourth-order valence-electron chi connectivity index (χ4n) is 4.49. The normalized spacial score (nSPS) is 14.2. The zero-order chi connectivity index (χ0) is 25.1. The van der Waals surface area contributed by atoms with E-state index in [1.807, 2.05) is 13.8 Å². The van der Waals surface area contributed by atoms with E-state index >= 15 is 0 Å². The van der Waals surface area contributed by atoms with Gasteiger partial charge in [-0.25, -0.2) is 9.59 Å². The molecule has 1 saturated carbocycles. The minimum Gasteiger partial charge on any atom is -0.463 e. The second kappa shape index (κ2) is 10.4. The van der Waals surface area contributed by atoms with Crippen molar-refractivity contribution in [1.29, 1.82) is 0 Å². The Morgan fingerprint density at radius 3 is 2.26 bits per heavy atom. The van der Waals surface area contributed by atoms with Gasteiger partial charge in [0.2, 0.25) is 11.3 Å². The molecule has 1 fully saturated rings. The van der Waals surface area contributed by atoms with E-state index in [1.165, 1.54) is 6.26 Å². The number of fused-ring (bicyclic) bond motifs is 1. The number of rotatable bonds is 7. The molecule has 0 bridgehead atoms. The smallest absolute Gasteiger partial charge is 0.344 e. The van der Waals surface area contributed by atoms with E-state index in [2.05, 4.69) is 5.32 Å². The molecule has 1 aliphatic carbocycles. The molecule has 1 N–H and O–H groups in total. The summed E-state index contributed by atoms with van der Waals surface area (Å²) in [7, 11) is 0. The van der Waals surface area contributed by atoms with E-state index in [1.54, 1.807) is 26.0 Å². The number of aryl methyl sites for hydroxylation is 2. The molecule has 0 saturated heterocycles. The van der Waals surface area contributed by atoms with Gasteiger partial charge >= 0.3 is 11.9 Å². The zero-order valence-corrected chi connectivity index (χ0v) is 20.6. The molecule has 4 rings (SSSR count). The third-order valence-electron chi connectivity index (χ3n) is 6.44. The van der Waals surface area contributed by atoms with Crippen LogP contribution in [0.5, 0.6) is 0 Å². The highest BCUT2D eigenvalue weighted by Gasteiger charge is 2.35. The first-order valence-electron chi connectivity index (χ1n) is 12.2. The fourth-order valence-corrected chi connectivity index (χ4v) is 4.49. The molecule has 35 heavy (non-hydrogen) atoms. The van der Waals surface area contributed by atoms with E-state index < -0.39 is 11.9 Å². The summed E-state index contributed by atoms with van der Waals surface area (Å²) >= 11 is 0. The van der Waals surface area contributed by atoms with Crippen molar-refractivity contribution < 1.29 is 27.9 Å². The lowest BCUT2D eigenvalue weighted by molar-refractivity contribution is 0.0481. The van der Waals surface area contributed by atoms with Crippen molar-refractivity contribution in [3.63, 3.8) is 0 Å². The van der Waals surface area contributed by atoms with Crippen LogP contribution in [0, 0.1) is 13.8 Å². The molecule has 0 atom stereocenters. The Kier molecular flexibility index (Phi) is 7.28. The van der Waals surface area contributed by atoms with Crippen molar-refractivity contribution in [2.45, 2.75) is 65.8 Å². The van der Waals surface area contributed by atoms with Crippen LogP contribution in [0.25, 0.3) is 22.3 Å². The van der Waals surface area contributed by atoms with Crippen LogP contribution in [0.3, 0.4) is 0 Å². The molecule has 0 amide bonds. The summed E-state index contributed by atoms with van der Waals surface area (Å²) < 4.78 is 22.4. The average molecular weight is 482 g/mol. The zero-order valence-electron chi connectivity index (χ0n) is 20.6. The minimum absolute atomic E-state index is 0.0334. The van der Waals surface area contributed by atoms with E-state index in [0.29, 0.717) is 11.0 Å². The molecule has 0 radical (unpaired) electrons. The van der Waals surface area contributed by atoms with Crippen LogP contribution in [-0.2, 0) is 9.47 Å². The lowest BCUT2D eigenvalue weighted by Crippen LogP contribution is -2.23. The van der Waals surface area contributed by atoms with Gasteiger partial charge in [0.15, 0.2) is 5.76 Å². The number of hydrogen-bond acceptors (Lipinski definition) is 8. The molecular formula is C27H31NO7. The van der Waals surface area contributed by atoms with Crippen molar-refractivity contribution in [3.8, 4) is 11.3 Å². The summed E-state index contributed by atoms with van der Waals surface area (Å²) in [5, 5.41) is 3.64. The highest BCUT2D eigenvalue weighted by atomic mass is 16.5. The third kappa shape index (κ3) is 4.83. The van der Waals surface area contributed by atoms with Crippen LogP contribution < -0.4 is 10.7 Å². The van der Waals surface area contributed by atoms with Gasteiger partial charge in [-0.3, -0.25) is 4.79 Å². The Morgan fingerprint density at radius 2 is 1.60 bits per heavy atom. The lowest BCUT2D eigenvalue weighted by atomic mass is 9.95. The van der Waals surface area contributed by atoms with Gasteiger partial charge < -0.3 is 23.6 Å². The molecule has 2 aromatic heterocycles. The maximum absolute atomic E-state index is 13.5. The highest BCUT2D eigenvalue weighted by molar-refractivity contribution is 6.10. The van der Waals surface area contributed by atoms with Crippen molar-refractivity contribution in [2.75, 3.05) is 18.5 Å². The van der Waals surface area contributed by atoms with Crippen LogP contribution in [0.1, 0.15) is 77.8 Å². The van der Waals surface area contributed by atoms with Gasteiger partial charge in [0.1, 0.15) is 28.5 Å². The second-order valence-electron chi connectivity index (χ2n) is 8.84. The standard InChI is InChI=1S/C27H31NO7/c1-5-32-26(30)21-22(27(31)33-6-2)25(28-17-10-8-7-9-11-17)35-24(21)19-14-34-20-13-16(4)15(3)12-18(20)23(19)29/h12-14,17,28H,5-11H2,1-4H3. The first-order valence-corrected chi connectivity index (χ1v) is 12.2. The molecule has 8 nitrogen and oxygen atoms in total. The third-order valence-corrected chi connectivity index (χ3v) is 6.44. The molecule has 0 spiro atoms. The van der Waals surface area contributed by atoms with Crippen molar-refractivity contribution in [1.82, 2.24) is 0 Å². The van der Waals surface area contributed by atoms with Crippen molar-refractivity contribution in [3.05, 3.63) is 50.9 Å². The molecule has 2 heterocycles. The number of nitrogens with one attached hydrogen (secondary N) is 1. The van der Waals surface area contributed by atoms with Gasteiger partial charge in [-0.15, -0.1) is 0 Å². The van der Waals surface area contributed by atoms with Crippen molar-refractivity contribution >= 4 is 28.8 Å². The Labute approximate surface area is 203 Å². The number of benzene rings is 1. The predicted molar refractivity (Wildman–Crippen MR) is 132 cm³/mol. The quantitative estimate of drug-likeness (QED) is 0.424. The van der Waals surface area contributed by atoms with Gasteiger partial charge in [-0.05, 0) is 63.8 Å². The Hall–Kier alpha value is -3.55. The van der Waals surface area contributed by atoms with Crippen LogP contribution in [0.15, 0.2) is 32.0 Å². The van der Waals surface area contributed by atoms with Crippen molar-refractivity contribution in [2.24, 2.45) is 0 Å². The summed E-state index contributed by atoms with van der Waals surface area (Å²) in [6, 6.07) is 3.62. The number of anilines is 1. The van der Waals surface area contributed by atoms with Gasteiger partial charge in [-0.2, -0.15) is 0 Å². The summed E-state index contributed by atoms with van der Waals surface area (Å²) in [5.41, 5.74) is 1.81. The number of ether oxygens (including phenoxy) is 2. The Morgan fingerprint density at radius 1 is 0.971 bits per heavy atom. The number of carbonyl (C=O) groups is 2. The van der Waals surface area contributed by atoms with E-state index in [9.17, 15) is 14.4 Å². The molecule has 0 unspecified atom stereocenters. The fraction of sp³-hybridized carbons (Fsp3) is 0.444. The second-order valence-corrected chi connectivity index (χ2v) is 8.84. The molecular weight excluding hydrogens is 450 g/mol. The number of hydrogen-bond donors (Lipinski definition) is 1. The maximum atomic E-state index is 13.5. The summed E-state index contributed by atoms with van der Waals surface area (Å²) in [6.07, 6.45) is 6.33. The van der Waals surface area contributed by atoms with Gasteiger partial charge in [0.25, 0.3) is 0 Å². The molecule has 1 aliphatic rings. The molecule has 8 heteroatoms. The maximum Gasteiger partial charge on any atom is 0.344 e. The topological polar surface area (TPSA) is 108 Å². The SMILES string of the molecule is CCOC(=O)c1c(NC2CCCCC2)oc(-c2coc3cc(C)c(C)cc3c2=O)c1C(=O)OCC. The van der Waals surface area contributed by atoms with Gasteiger partial charge in [0, 0.05) is 6.04 Å². The minimum atomic E-state index is -0.773. The van der Waals surface area contributed by atoms with Gasteiger partial charge in [0.05, 0.1) is 18.6 Å². The Balaban J connectivity index is 1.94. The van der Waals surface area contributed by atoms with Crippen LogP contribution in [0.4, 0.5) is 5.88 Å². The summed E-state index contributed by atoms with van der Waals surface area (Å²) in [6.45, 7) is 7.38. The first-order chi connectivity index (χ1) is 16.8. The van der Waals surface area contributed by atoms with Crippen LogP contribution >= 0.6 is 0 Å². The largest absolute Gasteiger partial charge is 0.463 e. The molecule has 186 valence electrons. The number of furan rings is 1. The Bertz CT molecular complexity index is 1310. The number of esters is 2. The van der Waals surface area contributed by atoms with Crippen LogP contribution in [0.2, 0.25) is 0 Å². The van der Waals surface area contributed by atoms with E-state index in [4.69, 9.17) is 18.3 Å². The summed E-state index contributed by atoms with van der Waals surface area (Å²) in [4.78, 5) is 39.6. The monoisotopic (exact) mass is 481 g/mol. The average Bonchev–Trinajstić information content (AvgIpc) is 3.20. The molecule has 1 aromatic carbocycles. The molecule has 3 aromatic rings. The van der Waals surface area contributed by atoms with E-state index in [0.717, 1.165) is 43.2 Å². The molecule has 0 aliphatic heterocycles. The predicted octanol–water partition coefficient (Wildman–Crippen LogP) is 5.77. The first kappa shape index (κ1) is 24.6. The van der Waals surface area contributed by atoms with Crippen LogP contribution in [-0.4, -0.2) is 31.2 Å². The number of carbonyl (C=O) groups excluding carboxylic acids is 2. The lowest BCUT2D eigenvalue weighted by Gasteiger charge is -2.22. The van der Waals surface area contributed by atoms with Gasteiger partial charge in [-0.1, -0.05) is 19.3 Å². The van der Waals surface area contributed by atoms with E-state index in [-0.39, 0.29) is 53.0 Å². The summed E-state index contributed by atoms with van der Waals surface area (Å²) in [5.74, 6) is -1.46.